The normalized spacial score (nSPS) is 40.1. The second kappa shape index (κ2) is 5.34. The van der Waals surface area contributed by atoms with Gasteiger partial charge in [0, 0.05) is 13.5 Å². The van der Waals surface area contributed by atoms with Gasteiger partial charge in [0.2, 0.25) is 6.79 Å². The highest BCUT2D eigenvalue weighted by molar-refractivity contribution is 8.49. The third kappa shape index (κ3) is 1.72. The Kier molecular flexibility index (Phi) is 3.45. The Bertz CT molecular complexity index is 1080. The summed E-state index contributed by atoms with van der Waals surface area (Å²) in [5, 5.41) is 10.1. The topological polar surface area (TPSA) is 82.9 Å². The van der Waals surface area contributed by atoms with Crippen molar-refractivity contribution in [2.75, 3.05) is 13.8 Å². The number of carbonyl (C=O) groups excluding carboxylic acids is 2. The average molecular weight is 436 g/mol. The number of hydrogen-bond acceptors (Lipinski definition) is 6. The number of nitriles is 1. The molecule has 1 aromatic carbocycles. The van der Waals surface area contributed by atoms with Crippen LogP contribution in [0.3, 0.4) is 0 Å². The van der Waals surface area contributed by atoms with Crippen LogP contribution in [-0.4, -0.2) is 45.2 Å². The van der Waals surface area contributed by atoms with Crippen LogP contribution in [0.4, 0.5) is 0 Å². The number of fused-ring (bicyclic) bond motifs is 2. The summed E-state index contributed by atoms with van der Waals surface area (Å²) < 4.78 is 10.9. The lowest BCUT2D eigenvalue weighted by Crippen LogP contribution is -2.60. The molecule has 4 aliphatic heterocycles. The van der Waals surface area contributed by atoms with E-state index < -0.39 is 30.7 Å². The number of ether oxygens (including phenoxy) is 2. The van der Waals surface area contributed by atoms with E-state index in [1.807, 2.05) is 19.1 Å². The molecule has 10 heteroatoms. The van der Waals surface area contributed by atoms with Gasteiger partial charge < -0.3 is 19.3 Å². The SMILES string of the molecule is CN1C(=O)[C@]23C[C@@](C)(C#N)[C@H](c4ccc5c(c4)OCO5)N2C(=O)[C@]1(C)S3=S=S. The molecular weight excluding hydrogens is 418 g/mol. The molecule has 4 heterocycles. The fraction of sp³-hybridized carbons (Fsp3) is 0.500. The lowest BCUT2D eigenvalue weighted by Gasteiger charge is -2.39. The molecule has 3 saturated heterocycles. The van der Waals surface area contributed by atoms with E-state index in [9.17, 15) is 14.9 Å². The van der Waals surface area contributed by atoms with Gasteiger partial charge in [-0.25, -0.2) is 0 Å². The van der Waals surface area contributed by atoms with Crippen LogP contribution in [0.1, 0.15) is 31.9 Å². The highest BCUT2D eigenvalue weighted by atomic mass is 33.1. The summed E-state index contributed by atoms with van der Waals surface area (Å²) in [6.45, 7) is 3.76. The number of piperazine rings is 1. The van der Waals surface area contributed by atoms with Gasteiger partial charge in [0.15, 0.2) is 21.2 Å². The summed E-state index contributed by atoms with van der Waals surface area (Å²) in [7, 11) is 2.05. The third-order valence-corrected chi connectivity index (χ3v) is 12.3. The van der Waals surface area contributed by atoms with E-state index in [4.69, 9.17) is 20.7 Å². The maximum atomic E-state index is 13.6. The van der Waals surface area contributed by atoms with E-state index >= 15 is 0 Å². The molecule has 0 saturated carbocycles. The lowest BCUT2D eigenvalue weighted by atomic mass is 9.79. The minimum Gasteiger partial charge on any atom is -0.454 e. The number of benzene rings is 1. The predicted octanol–water partition coefficient (Wildman–Crippen LogP) is 1.19. The van der Waals surface area contributed by atoms with Gasteiger partial charge in [-0.2, -0.15) is 5.26 Å². The molecule has 0 radical (unpaired) electrons. The van der Waals surface area contributed by atoms with E-state index in [0.717, 1.165) is 14.4 Å². The lowest BCUT2D eigenvalue weighted by molar-refractivity contribution is -0.159. The minimum absolute atomic E-state index is 0.125. The van der Waals surface area contributed by atoms with Crippen molar-refractivity contribution < 1.29 is 19.1 Å². The molecule has 0 aromatic heterocycles. The van der Waals surface area contributed by atoms with E-state index in [2.05, 4.69) is 6.07 Å². The van der Waals surface area contributed by atoms with E-state index in [1.165, 1.54) is 4.90 Å². The summed E-state index contributed by atoms with van der Waals surface area (Å²) >= 11 is 5.34. The average Bonchev–Trinajstić information content (AvgIpc) is 3.34. The zero-order chi connectivity index (χ0) is 20.1. The third-order valence-electron chi connectivity index (χ3n) is 6.46. The molecule has 7 nitrogen and oxygen atoms in total. The van der Waals surface area contributed by atoms with Crippen LogP contribution in [0.15, 0.2) is 18.2 Å². The summed E-state index contributed by atoms with van der Waals surface area (Å²) in [6, 6.07) is 7.29. The first-order valence-corrected chi connectivity index (χ1v) is 12.2. The van der Waals surface area contributed by atoms with Crippen molar-refractivity contribution in [3.63, 3.8) is 0 Å². The van der Waals surface area contributed by atoms with Crippen LogP contribution in [-0.2, 0) is 39.1 Å². The van der Waals surface area contributed by atoms with Crippen LogP contribution in [0.2, 0.25) is 0 Å². The van der Waals surface area contributed by atoms with Crippen molar-refractivity contribution >= 4 is 41.3 Å². The standard InChI is InChI=1S/C18H17N3O4S3/c1-16(8-19)7-18-15(23)20(3)17(2,28(18)27-26)14(22)21(18)13(16)10-4-5-11-12(6-10)25-9-24-11/h4-6,13H,7,9H2,1-3H3/t13-,16-,17-,18+,28?/m0/s1. The Morgan fingerprint density at radius 3 is 2.68 bits per heavy atom. The molecule has 4 aliphatic rings. The van der Waals surface area contributed by atoms with Gasteiger partial charge >= 0.3 is 0 Å². The maximum absolute atomic E-state index is 13.6. The Morgan fingerprint density at radius 1 is 1.29 bits per heavy atom. The van der Waals surface area contributed by atoms with Gasteiger partial charge in [0.1, 0.15) is 0 Å². The van der Waals surface area contributed by atoms with Gasteiger partial charge in [-0.3, -0.25) is 9.59 Å². The first kappa shape index (κ1) is 18.1. The molecule has 1 aromatic rings. The second-order valence-corrected chi connectivity index (χ2v) is 12.6. The molecule has 0 aliphatic carbocycles. The molecule has 5 atom stereocenters. The summed E-state index contributed by atoms with van der Waals surface area (Å²) in [6.07, 6.45) is 0.271. The Balaban J connectivity index is 1.76. The molecule has 1 spiro atoms. The van der Waals surface area contributed by atoms with Crippen LogP contribution >= 0.6 is 0 Å². The van der Waals surface area contributed by atoms with Gasteiger partial charge in [-0.15, -0.1) is 0 Å². The molecule has 146 valence electrons. The zero-order valence-corrected chi connectivity index (χ0v) is 17.9. The summed E-state index contributed by atoms with van der Waals surface area (Å²) in [4.78, 5) is 28.2. The molecule has 2 amide bonds. The van der Waals surface area contributed by atoms with E-state index in [1.54, 1.807) is 24.9 Å². The van der Waals surface area contributed by atoms with Crippen molar-refractivity contribution in [2.45, 2.75) is 36.1 Å². The van der Waals surface area contributed by atoms with Crippen molar-refractivity contribution in [1.82, 2.24) is 9.80 Å². The fourth-order valence-corrected chi connectivity index (χ4v) is 11.8. The Morgan fingerprint density at radius 2 is 2.00 bits per heavy atom. The van der Waals surface area contributed by atoms with Crippen molar-refractivity contribution in [2.24, 2.45) is 5.41 Å². The van der Waals surface area contributed by atoms with E-state index in [-0.39, 0.29) is 25.0 Å². The summed E-state index contributed by atoms with van der Waals surface area (Å²) in [5.74, 6) is 0.951. The van der Waals surface area contributed by atoms with E-state index in [0.29, 0.717) is 11.5 Å². The van der Waals surface area contributed by atoms with Gasteiger partial charge in [0.05, 0.1) is 17.5 Å². The number of nitrogens with zero attached hydrogens (tertiary/aromatic N) is 3. The maximum Gasteiger partial charge on any atom is 0.261 e. The van der Waals surface area contributed by atoms with Crippen LogP contribution in [0.5, 0.6) is 11.5 Å². The number of hydrogen-bond donors (Lipinski definition) is 0. The molecule has 0 N–H and O–H groups in total. The monoisotopic (exact) mass is 435 g/mol. The van der Waals surface area contributed by atoms with Gasteiger partial charge in [0.25, 0.3) is 11.8 Å². The Labute approximate surface area is 172 Å². The first-order valence-electron chi connectivity index (χ1n) is 8.73. The van der Waals surface area contributed by atoms with Crippen LogP contribution < -0.4 is 9.47 Å². The number of rotatable bonds is 1. The molecule has 5 rings (SSSR count). The quantitative estimate of drug-likeness (QED) is 0.659. The fourth-order valence-electron chi connectivity index (χ4n) is 5.05. The van der Waals surface area contributed by atoms with Crippen LogP contribution in [0.25, 0.3) is 0 Å². The van der Waals surface area contributed by atoms with Crippen molar-refractivity contribution in [3.8, 4) is 17.6 Å². The molecule has 2 bridgehead atoms. The molecule has 3 fully saturated rings. The van der Waals surface area contributed by atoms with Crippen LogP contribution in [0, 0.1) is 16.7 Å². The Hall–Kier alpha value is -1.96. The second-order valence-electron chi connectivity index (χ2n) is 7.86. The largest absolute Gasteiger partial charge is 0.454 e. The van der Waals surface area contributed by atoms with Crippen molar-refractivity contribution in [3.05, 3.63) is 23.8 Å². The highest BCUT2D eigenvalue weighted by Crippen LogP contribution is 2.65. The minimum atomic E-state index is -1.07. The predicted molar refractivity (Wildman–Crippen MR) is 106 cm³/mol. The summed E-state index contributed by atoms with van der Waals surface area (Å²) in [5.41, 5.74) is -0.162. The van der Waals surface area contributed by atoms with Gasteiger partial charge in [-0.05, 0) is 61.1 Å². The number of amides is 2. The molecule has 1 unspecified atom stereocenters. The zero-order valence-electron chi connectivity index (χ0n) is 15.4. The molecular formula is C18H17N3O4S3. The van der Waals surface area contributed by atoms with Gasteiger partial charge in [-0.1, -0.05) is 6.07 Å². The smallest absolute Gasteiger partial charge is 0.261 e. The van der Waals surface area contributed by atoms with Crippen molar-refractivity contribution in [1.29, 1.82) is 5.26 Å². The number of carbonyl (C=O) groups is 2. The highest BCUT2D eigenvalue weighted by Gasteiger charge is 2.80. The molecule has 28 heavy (non-hydrogen) atoms. The first-order chi connectivity index (χ1) is 13.3. The number of likely N-dealkylation sites (N-methyl/N-ethyl adjacent to an activating group) is 1.